The van der Waals surface area contributed by atoms with Gasteiger partial charge in [-0.25, -0.2) is 9.97 Å². The first kappa shape index (κ1) is 19.0. The second-order valence-electron chi connectivity index (χ2n) is 6.88. The van der Waals surface area contributed by atoms with Crippen molar-refractivity contribution in [3.63, 3.8) is 0 Å². The number of nitrogens with zero attached hydrogens (tertiary/aromatic N) is 4. The lowest BCUT2D eigenvalue weighted by Gasteiger charge is -2.05. The van der Waals surface area contributed by atoms with Crippen LogP contribution in [0.15, 0.2) is 77.2 Å². The van der Waals surface area contributed by atoms with Crippen LogP contribution in [0.1, 0.15) is 20.8 Å². The van der Waals surface area contributed by atoms with E-state index < -0.39 is 0 Å². The van der Waals surface area contributed by atoms with E-state index in [9.17, 15) is 4.79 Å². The fourth-order valence-corrected chi connectivity index (χ4v) is 3.91. The number of carbonyl (C=O) groups excluding carboxylic acids is 1. The number of aromatic nitrogens is 3. The monoisotopic (exact) mass is 426 g/mol. The molecule has 31 heavy (non-hydrogen) atoms. The summed E-state index contributed by atoms with van der Waals surface area (Å²) in [6.45, 7) is 0.380. The number of hydrogen-bond acceptors (Lipinski definition) is 6. The summed E-state index contributed by atoms with van der Waals surface area (Å²) in [5.74, 6) is -0.121. The number of carbonyl (C=O) groups is 1. The molecule has 0 aliphatic rings. The molecule has 0 radical (unpaired) electrons. The van der Waals surface area contributed by atoms with E-state index in [-0.39, 0.29) is 17.3 Å². The van der Waals surface area contributed by atoms with E-state index in [1.807, 2.05) is 72.1 Å². The van der Waals surface area contributed by atoms with Crippen LogP contribution < -0.4 is 11.1 Å². The number of rotatable bonds is 5. The van der Waals surface area contributed by atoms with Crippen molar-refractivity contribution < 1.29 is 4.79 Å². The molecule has 8 heteroatoms. The van der Waals surface area contributed by atoms with Crippen LogP contribution in [0.4, 0.5) is 5.82 Å². The fourth-order valence-electron chi connectivity index (χ4n) is 3.33. The highest BCUT2D eigenvalue weighted by Crippen LogP contribution is 2.28. The average molecular weight is 427 g/mol. The Bertz CT molecular complexity index is 1410. The van der Waals surface area contributed by atoms with Gasteiger partial charge in [0.05, 0.1) is 17.2 Å². The van der Waals surface area contributed by atoms with Crippen LogP contribution in [0.25, 0.3) is 22.2 Å². The molecule has 0 spiro atoms. The van der Waals surface area contributed by atoms with Gasteiger partial charge in [-0.3, -0.25) is 4.79 Å². The Morgan fingerprint density at radius 2 is 1.77 bits per heavy atom. The van der Waals surface area contributed by atoms with Crippen molar-refractivity contribution in [3.8, 4) is 0 Å². The summed E-state index contributed by atoms with van der Waals surface area (Å²) in [6, 6.07) is 21.1. The van der Waals surface area contributed by atoms with Crippen molar-refractivity contribution in [2.45, 2.75) is 6.54 Å². The molecule has 0 fully saturated rings. The number of fused-ring (bicyclic) bond motifs is 2. The molecular formula is C23H18N6OS. The van der Waals surface area contributed by atoms with Gasteiger partial charge in [0, 0.05) is 11.4 Å². The zero-order valence-electron chi connectivity index (χ0n) is 16.4. The minimum Gasteiger partial charge on any atom is -0.383 e. The van der Waals surface area contributed by atoms with Crippen molar-refractivity contribution in [3.05, 3.63) is 88.1 Å². The summed E-state index contributed by atoms with van der Waals surface area (Å²) in [7, 11) is 0. The maximum absolute atomic E-state index is 13.1. The third kappa shape index (κ3) is 3.64. The van der Waals surface area contributed by atoms with Gasteiger partial charge >= 0.3 is 0 Å². The molecular weight excluding hydrogens is 408 g/mol. The molecule has 152 valence electrons. The van der Waals surface area contributed by atoms with E-state index >= 15 is 0 Å². The van der Waals surface area contributed by atoms with Crippen LogP contribution in [-0.4, -0.2) is 26.8 Å². The third-order valence-corrected chi connectivity index (χ3v) is 5.65. The Hall–Kier alpha value is -4.04. The van der Waals surface area contributed by atoms with Crippen LogP contribution >= 0.6 is 11.3 Å². The molecule has 0 bridgehead atoms. The first-order valence-electron chi connectivity index (χ1n) is 9.67. The van der Waals surface area contributed by atoms with Crippen LogP contribution in [0.3, 0.4) is 0 Å². The molecule has 0 saturated heterocycles. The molecule has 3 aromatic heterocycles. The van der Waals surface area contributed by atoms with Gasteiger partial charge in [-0.15, -0.1) is 11.3 Å². The van der Waals surface area contributed by atoms with Crippen LogP contribution in [0, 0.1) is 0 Å². The van der Waals surface area contributed by atoms with Crippen molar-refractivity contribution in [2.75, 3.05) is 5.73 Å². The normalized spacial score (nSPS) is 11.5. The first-order valence-corrected chi connectivity index (χ1v) is 10.6. The van der Waals surface area contributed by atoms with E-state index in [0.29, 0.717) is 28.7 Å². The molecule has 5 rings (SSSR count). The van der Waals surface area contributed by atoms with E-state index in [0.717, 1.165) is 10.4 Å². The van der Waals surface area contributed by atoms with Crippen molar-refractivity contribution >= 4 is 51.5 Å². The molecule has 0 atom stereocenters. The summed E-state index contributed by atoms with van der Waals surface area (Å²) in [5, 5.41) is 9.40. The Morgan fingerprint density at radius 3 is 2.52 bits per heavy atom. The highest BCUT2D eigenvalue weighted by atomic mass is 32.1. The Kier molecular flexibility index (Phi) is 4.89. The number of nitrogen functional groups attached to an aromatic ring is 1. The van der Waals surface area contributed by atoms with E-state index in [2.05, 4.69) is 20.4 Å². The second-order valence-corrected chi connectivity index (χ2v) is 7.86. The van der Waals surface area contributed by atoms with E-state index in [1.165, 1.54) is 4.68 Å². The van der Waals surface area contributed by atoms with E-state index in [4.69, 9.17) is 5.73 Å². The first-order chi connectivity index (χ1) is 15.2. The largest absolute Gasteiger partial charge is 0.383 e. The second kappa shape index (κ2) is 8.00. The van der Waals surface area contributed by atoms with Crippen molar-refractivity contribution in [2.24, 2.45) is 5.10 Å². The highest BCUT2D eigenvalue weighted by molar-refractivity contribution is 7.11. The van der Waals surface area contributed by atoms with Gasteiger partial charge in [0.1, 0.15) is 16.9 Å². The minimum absolute atomic E-state index is 0.198. The van der Waals surface area contributed by atoms with Gasteiger partial charge in [0.15, 0.2) is 5.65 Å². The molecule has 0 aliphatic heterocycles. The van der Waals surface area contributed by atoms with Gasteiger partial charge in [-0.1, -0.05) is 48.5 Å². The molecule has 2 aromatic carbocycles. The molecule has 3 heterocycles. The number of nitrogens with one attached hydrogen (secondary N) is 1. The number of thiophene rings is 1. The zero-order chi connectivity index (χ0) is 21.2. The average Bonchev–Trinajstić information content (AvgIpc) is 3.41. The van der Waals surface area contributed by atoms with Gasteiger partial charge in [-0.05, 0) is 29.1 Å². The molecule has 0 aliphatic carbocycles. The zero-order valence-corrected chi connectivity index (χ0v) is 17.2. The third-order valence-electron chi connectivity index (χ3n) is 4.84. The van der Waals surface area contributed by atoms with Crippen molar-refractivity contribution in [1.29, 1.82) is 0 Å². The summed E-state index contributed by atoms with van der Waals surface area (Å²) >= 11 is 1.56. The summed E-state index contributed by atoms with van der Waals surface area (Å²) in [5.41, 5.74) is 9.91. The lowest BCUT2D eigenvalue weighted by Crippen LogP contribution is -2.23. The lowest BCUT2D eigenvalue weighted by atomic mass is 10.2. The summed E-state index contributed by atoms with van der Waals surface area (Å²) in [6.07, 6.45) is 1.70. The molecule has 1 amide bonds. The van der Waals surface area contributed by atoms with E-state index in [1.54, 1.807) is 17.6 Å². The van der Waals surface area contributed by atoms with Gasteiger partial charge < -0.3 is 11.1 Å². The molecule has 7 nitrogen and oxygen atoms in total. The number of amides is 1. The number of anilines is 1. The number of nitrogens with two attached hydrogens (primary N) is 1. The predicted octanol–water partition coefficient (Wildman–Crippen LogP) is 4.04. The Morgan fingerprint density at radius 1 is 1.03 bits per heavy atom. The van der Waals surface area contributed by atoms with Gasteiger partial charge in [-0.2, -0.15) is 9.78 Å². The van der Waals surface area contributed by atoms with Crippen LogP contribution in [-0.2, 0) is 6.54 Å². The number of para-hydroxylation sites is 2. The topological polar surface area (TPSA) is 98.2 Å². The standard InChI is InChI=1S/C23H18N6OS/c24-21-19(23(30)25-13-15-7-2-1-3-8-15)20-22(28-18-11-5-4-10-17(18)27-20)29(21)26-14-16-9-6-12-31-16/h1-12,14H,13,24H2,(H,25,30)/b26-14+. The van der Waals surface area contributed by atoms with Crippen molar-refractivity contribution in [1.82, 2.24) is 20.0 Å². The summed E-state index contributed by atoms with van der Waals surface area (Å²) < 4.78 is 1.48. The molecule has 0 saturated carbocycles. The SMILES string of the molecule is Nc1c(C(=O)NCc2ccccc2)c2nc3ccccc3nc2n1/N=C/c1cccs1. The maximum Gasteiger partial charge on any atom is 0.257 e. The molecule has 0 unspecified atom stereocenters. The Balaban J connectivity index is 1.61. The number of benzene rings is 2. The quantitative estimate of drug-likeness (QED) is 0.414. The molecule has 3 N–H and O–H groups in total. The maximum atomic E-state index is 13.1. The van der Waals surface area contributed by atoms with Crippen LogP contribution in [0.5, 0.6) is 0 Å². The number of hydrogen-bond donors (Lipinski definition) is 2. The Labute approximate surface area is 181 Å². The van der Waals surface area contributed by atoms with Crippen LogP contribution in [0.2, 0.25) is 0 Å². The fraction of sp³-hybridized carbons (Fsp3) is 0.0435. The predicted molar refractivity (Wildman–Crippen MR) is 124 cm³/mol. The smallest absolute Gasteiger partial charge is 0.257 e. The van der Waals surface area contributed by atoms with Gasteiger partial charge in [0.2, 0.25) is 0 Å². The summed E-state index contributed by atoms with van der Waals surface area (Å²) in [4.78, 5) is 23.5. The van der Waals surface area contributed by atoms with Gasteiger partial charge in [0.25, 0.3) is 5.91 Å². The minimum atomic E-state index is -0.319. The lowest BCUT2D eigenvalue weighted by molar-refractivity contribution is 0.0953. The highest BCUT2D eigenvalue weighted by Gasteiger charge is 2.24. The molecule has 5 aromatic rings.